The number of amides is 2. The second kappa shape index (κ2) is 7.17. The number of hydrogen-bond acceptors (Lipinski definition) is 3. The fourth-order valence-electron chi connectivity index (χ4n) is 2.84. The molecule has 1 saturated heterocycles. The lowest BCUT2D eigenvalue weighted by molar-refractivity contribution is -0.126. The molecule has 1 aliphatic heterocycles. The van der Waals surface area contributed by atoms with Crippen LogP contribution in [-0.2, 0) is 16.1 Å². The Hall–Kier alpha value is -2.82. The van der Waals surface area contributed by atoms with Gasteiger partial charge in [-0.05, 0) is 17.7 Å². The number of hydrogen-bond donors (Lipinski definition) is 1. The van der Waals surface area contributed by atoms with Gasteiger partial charge in [-0.1, -0.05) is 36.4 Å². The van der Waals surface area contributed by atoms with Crippen molar-refractivity contribution in [2.24, 2.45) is 5.92 Å². The molecule has 1 atom stereocenters. The Balaban J connectivity index is 1.62. The van der Waals surface area contributed by atoms with Crippen LogP contribution in [-0.4, -0.2) is 25.5 Å². The van der Waals surface area contributed by atoms with E-state index in [0.717, 1.165) is 11.3 Å². The number of benzene rings is 2. The second-order valence-corrected chi connectivity index (χ2v) is 5.81. The van der Waals surface area contributed by atoms with Crippen molar-refractivity contribution in [3.8, 4) is 5.75 Å². The molecule has 0 aliphatic carbocycles. The molecule has 0 aromatic heterocycles. The van der Waals surface area contributed by atoms with E-state index in [0.29, 0.717) is 18.8 Å². The number of ether oxygens (including phenoxy) is 1. The topological polar surface area (TPSA) is 58.6 Å². The van der Waals surface area contributed by atoms with Crippen molar-refractivity contribution in [2.75, 3.05) is 18.6 Å². The standard InChI is InChI=1S/C19H20N2O3/c1-24-17-9-5-8-16(11-17)21-13-15(10-18(21)22)19(23)20-12-14-6-3-2-4-7-14/h2-9,11,15H,10,12-13H2,1H3,(H,20,23). The molecule has 0 radical (unpaired) electrons. The fourth-order valence-corrected chi connectivity index (χ4v) is 2.84. The molecule has 1 heterocycles. The molecule has 2 aromatic carbocycles. The molecule has 3 rings (SSSR count). The van der Waals surface area contributed by atoms with Crippen molar-refractivity contribution < 1.29 is 14.3 Å². The van der Waals surface area contributed by atoms with Crippen LogP contribution in [0.5, 0.6) is 5.75 Å². The highest BCUT2D eigenvalue weighted by Crippen LogP contribution is 2.27. The Kier molecular flexibility index (Phi) is 4.79. The third-order valence-corrected chi connectivity index (χ3v) is 4.17. The maximum atomic E-state index is 12.3. The van der Waals surface area contributed by atoms with E-state index in [1.165, 1.54) is 0 Å². The maximum Gasteiger partial charge on any atom is 0.227 e. The largest absolute Gasteiger partial charge is 0.497 e. The first-order chi connectivity index (χ1) is 11.7. The van der Waals surface area contributed by atoms with E-state index in [1.807, 2.05) is 54.6 Å². The zero-order valence-corrected chi connectivity index (χ0v) is 13.6. The van der Waals surface area contributed by atoms with E-state index in [4.69, 9.17) is 4.74 Å². The minimum Gasteiger partial charge on any atom is -0.497 e. The predicted molar refractivity (Wildman–Crippen MR) is 91.7 cm³/mol. The van der Waals surface area contributed by atoms with Crippen molar-refractivity contribution in [2.45, 2.75) is 13.0 Å². The number of carbonyl (C=O) groups excluding carboxylic acids is 2. The Labute approximate surface area is 141 Å². The summed E-state index contributed by atoms with van der Waals surface area (Å²) in [5.74, 6) is 0.241. The zero-order chi connectivity index (χ0) is 16.9. The van der Waals surface area contributed by atoms with Gasteiger partial charge in [-0.15, -0.1) is 0 Å². The highest BCUT2D eigenvalue weighted by Gasteiger charge is 2.35. The first-order valence-electron chi connectivity index (χ1n) is 7.93. The van der Waals surface area contributed by atoms with E-state index in [1.54, 1.807) is 12.0 Å². The van der Waals surface area contributed by atoms with Crippen LogP contribution in [0.2, 0.25) is 0 Å². The molecule has 2 aromatic rings. The summed E-state index contributed by atoms with van der Waals surface area (Å²) in [6, 6.07) is 17.1. The van der Waals surface area contributed by atoms with E-state index in [2.05, 4.69) is 5.32 Å². The summed E-state index contributed by atoms with van der Waals surface area (Å²) in [7, 11) is 1.59. The summed E-state index contributed by atoms with van der Waals surface area (Å²) in [4.78, 5) is 26.3. The number of rotatable bonds is 5. The SMILES string of the molecule is COc1cccc(N2CC(C(=O)NCc3ccccc3)CC2=O)c1. The lowest BCUT2D eigenvalue weighted by Gasteiger charge is -2.17. The second-order valence-electron chi connectivity index (χ2n) is 5.81. The molecule has 2 amide bonds. The average molecular weight is 324 g/mol. The number of nitrogens with zero attached hydrogens (tertiary/aromatic N) is 1. The van der Waals surface area contributed by atoms with Gasteiger partial charge in [-0.3, -0.25) is 9.59 Å². The van der Waals surface area contributed by atoms with Gasteiger partial charge < -0.3 is 15.0 Å². The molecule has 0 saturated carbocycles. The molecular weight excluding hydrogens is 304 g/mol. The lowest BCUT2D eigenvalue weighted by Crippen LogP contribution is -2.32. The molecule has 124 valence electrons. The third kappa shape index (κ3) is 3.56. The molecule has 5 heteroatoms. The number of nitrogens with one attached hydrogen (secondary N) is 1. The number of carbonyl (C=O) groups is 2. The van der Waals surface area contributed by atoms with Crippen LogP contribution in [0.25, 0.3) is 0 Å². The van der Waals surface area contributed by atoms with Crippen molar-refractivity contribution in [3.63, 3.8) is 0 Å². The van der Waals surface area contributed by atoms with E-state index in [9.17, 15) is 9.59 Å². The summed E-state index contributed by atoms with van der Waals surface area (Å²) >= 11 is 0. The van der Waals surface area contributed by atoms with Crippen molar-refractivity contribution in [1.82, 2.24) is 5.32 Å². The number of anilines is 1. The van der Waals surface area contributed by atoms with E-state index < -0.39 is 0 Å². The monoisotopic (exact) mass is 324 g/mol. The first-order valence-corrected chi connectivity index (χ1v) is 7.93. The lowest BCUT2D eigenvalue weighted by atomic mass is 10.1. The Morgan fingerprint density at radius 2 is 2.00 bits per heavy atom. The molecule has 1 unspecified atom stereocenters. The summed E-state index contributed by atoms with van der Waals surface area (Å²) in [6.45, 7) is 0.871. The van der Waals surface area contributed by atoms with Crippen LogP contribution in [0.4, 0.5) is 5.69 Å². The van der Waals surface area contributed by atoms with Crippen molar-refractivity contribution in [3.05, 3.63) is 60.2 Å². The van der Waals surface area contributed by atoms with E-state index >= 15 is 0 Å². The summed E-state index contributed by atoms with van der Waals surface area (Å²) in [5.41, 5.74) is 1.80. The van der Waals surface area contributed by atoms with Crippen molar-refractivity contribution >= 4 is 17.5 Å². The summed E-state index contributed by atoms with van der Waals surface area (Å²) in [6.07, 6.45) is 0.234. The molecule has 1 aliphatic rings. The third-order valence-electron chi connectivity index (χ3n) is 4.17. The van der Waals surface area contributed by atoms with Crippen LogP contribution in [0.3, 0.4) is 0 Å². The maximum absolute atomic E-state index is 12.3. The van der Waals surface area contributed by atoms with Gasteiger partial charge in [0.25, 0.3) is 0 Å². The first kappa shape index (κ1) is 16.1. The molecular formula is C19H20N2O3. The predicted octanol–water partition coefficient (Wildman–Crippen LogP) is 2.36. The Morgan fingerprint density at radius 1 is 1.21 bits per heavy atom. The van der Waals surface area contributed by atoms with Gasteiger partial charge in [0.15, 0.2) is 0 Å². The summed E-state index contributed by atoms with van der Waals surface area (Å²) in [5, 5.41) is 2.91. The Morgan fingerprint density at radius 3 is 2.75 bits per heavy atom. The minimum atomic E-state index is -0.326. The number of methoxy groups -OCH3 is 1. The molecule has 0 spiro atoms. The van der Waals surface area contributed by atoms with Crippen LogP contribution in [0, 0.1) is 5.92 Å². The quantitative estimate of drug-likeness (QED) is 0.918. The normalized spacial score (nSPS) is 17.0. The molecule has 24 heavy (non-hydrogen) atoms. The fraction of sp³-hybridized carbons (Fsp3) is 0.263. The zero-order valence-electron chi connectivity index (χ0n) is 13.6. The van der Waals surface area contributed by atoms with Crippen LogP contribution in [0.1, 0.15) is 12.0 Å². The van der Waals surface area contributed by atoms with Gasteiger partial charge in [0, 0.05) is 31.3 Å². The summed E-state index contributed by atoms with van der Waals surface area (Å²) < 4.78 is 5.19. The van der Waals surface area contributed by atoms with Crippen LogP contribution >= 0.6 is 0 Å². The minimum absolute atomic E-state index is 0.0388. The van der Waals surface area contributed by atoms with Crippen LogP contribution in [0.15, 0.2) is 54.6 Å². The highest BCUT2D eigenvalue weighted by molar-refractivity contribution is 6.00. The van der Waals surface area contributed by atoms with Crippen LogP contribution < -0.4 is 15.0 Å². The Bertz CT molecular complexity index is 730. The van der Waals surface area contributed by atoms with Gasteiger partial charge in [-0.2, -0.15) is 0 Å². The van der Waals surface area contributed by atoms with Gasteiger partial charge in [0.1, 0.15) is 5.75 Å². The van der Waals surface area contributed by atoms with Gasteiger partial charge >= 0.3 is 0 Å². The molecule has 1 N–H and O–H groups in total. The molecule has 5 nitrogen and oxygen atoms in total. The van der Waals surface area contributed by atoms with Gasteiger partial charge in [0.05, 0.1) is 13.0 Å². The highest BCUT2D eigenvalue weighted by atomic mass is 16.5. The van der Waals surface area contributed by atoms with Gasteiger partial charge in [-0.25, -0.2) is 0 Å². The molecule has 0 bridgehead atoms. The molecule has 1 fully saturated rings. The smallest absolute Gasteiger partial charge is 0.227 e. The van der Waals surface area contributed by atoms with Gasteiger partial charge in [0.2, 0.25) is 11.8 Å². The van der Waals surface area contributed by atoms with Crippen molar-refractivity contribution in [1.29, 1.82) is 0 Å². The average Bonchev–Trinajstić information content (AvgIpc) is 3.02. The van der Waals surface area contributed by atoms with E-state index in [-0.39, 0.29) is 24.2 Å².